The van der Waals surface area contributed by atoms with Crippen molar-refractivity contribution in [2.45, 2.75) is 0 Å². The number of nitrogens with zero attached hydrogens (tertiary/aromatic N) is 3. The van der Waals surface area contributed by atoms with Crippen LogP contribution in [0.1, 0.15) is 0 Å². The van der Waals surface area contributed by atoms with Gasteiger partial charge in [0.1, 0.15) is 22.3 Å². The summed E-state index contributed by atoms with van der Waals surface area (Å²) in [6, 6.07) is 71.2. The molecule has 0 aliphatic heterocycles. The number of rotatable bonds is 6. The van der Waals surface area contributed by atoms with Crippen LogP contribution in [0.25, 0.3) is 82.0 Å². The summed E-state index contributed by atoms with van der Waals surface area (Å²) >= 11 is 0. The molecule has 0 saturated carbocycles. The van der Waals surface area contributed by atoms with Crippen molar-refractivity contribution in [2.24, 2.45) is 0 Å². The normalized spacial score (nSPS) is 12.1. The standard InChI is InChI=1S/C54H33N3O2/c1-3-14-34(15-4-1)55(36-28-30-40-38-18-7-9-26-48(38)58-50(40)32-36)44-22-12-24-46-52(44)42-20-11-21-43-53-45(23-13-25-47(53)57(46)54(42)43)56(35-16-5-2-6-17-35)37-29-31-41-39-19-8-10-27-49(39)59-51(41)33-37/h1-33H. The van der Waals surface area contributed by atoms with Crippen LogP contribution >= 0.6 is 0 Å². The van der Waals surface area contributed by atoms with Crippen LogP contribution in [-0.4, -0.2) is 4.40 Å². The molecule has 0 saturated heterocycles. The maximum Gasteiger partial charge on any atom is 0.137 e. The highest BCUT2D eigenvalue weighted by atomic mass is 16.3. The van der Waals surface area contributed by atoms with Crippen molar-refractivity contribution in [3.8, 4) is 0 Å². The van der Waals surface area contributed by atoms with E-state index in [9.17, 15) is 0 Å². The molecule has 5 nitrogen and oxygen atoms in total. The number of anilines is 6. The molecule has 4 aromatic heterocycles. The summed E-state index contributed by atoms with van der Waals surface area (Å²) in [6.07, 6.45) is 0. The minimum Gasteiger partial charge on any atom is -0.456 e. The van der Waals surface area contributed by atoms with E-state index in [1.54, 1.807) is 0 Å². The van der Waals surface area contributed by atoms with Crippen LogP contribution in [-0.2, 0) is 0 Å². The van der Waals surface area contributed by atoms with Gasteiger partial charge in [0.05, 0.1) is 27.9 Å². The average molecular weight is 756 g/mol. The molecular formula is C54H33N3O2. The van der Waals surface area contributed by atoms with E-state index in [1.165, 1.54) is 27.1 Å². The molecule has 0 unspecified atom stereocenters. The predicted octanol–water partition coefficient (Wildman–Crippen LogP) is 15.6. The Bertz CT molecular complexity index is 3510. The van der Waals surface area contributed by atoms with Gasteiger partial charge in [-0.15, -0.1) is 0 Å². The summed E-state index contributed by atoms with van der Waals surface area (Å²) in [5.74, 6) is 0. The second kappa shape index (κ2) is 12.2. The van der Waals surface area contributed by atoms with Crippen molar-refractivity contribution in [2.75, 3.05) is 9.80 Å². The maximum absolute atomic E-state index is 6.43. The monoisotopic (exact) mass is 755 g/mol. The first kappa shape index (κ1) is 32.1. The first-order valence-electron chi connectivity index (χ1n) is 20.0. The first-order chi connectivity index (χ1) is 29.3. The van der Waals surface area contributed by atoms with Gasteiger partial charge < -0.3 is 23.0 Å². The van der Waals surface area contributed by atoms with Gasteiger partial charge in [-0.3, -0.25) is 0 Å². The van der Waals surface area contributed by atoms with Gasteiger partial charge in [0, 0.05) is 78.0 Å². The van der Waals surface area contributed by atoms with Gasteiger partial charge in [0.25, 0.3) is 0 Å². The third-order valence-corrected chi connectivity index (χ3v) is 12.1. The van der Waals surface area contributed by atoms with Crippen LogP contribution in [0.15, 0.2) is 209 Å². The Balaban J connectivity index is 1.06. The first-order valence-corrected chi connectivity index (χ1v) is 20.0. The number of hydrogen-bond donors (Lipinski definition) is 0. The smallest absolute Gasteiger partial charge is 0.137 e. The van der Waals surface area contributed by atoms with Gasteiger partial charge in [-0.05, 0) is 84.9 Å². The molecule has 13 rings (SSSR count). The van der Waals surface area contributed by atoms with E-state index in [4.69, 9.17) is 8.83 Å². The number of fused-ring (bicyclic) bond motifs is 12. The third-order valence-electron chi connectivity index (χ3n) is 12.1. The van der Waals surface area contributed by atoms with Gasteiger partial charge in [-0.1, -0.05) is 103 Å². The molecule has 276 valence electrons. The summed E-state index contributed by atoms with van der Waals surface area (Å²) in [6.45, 7) is 0. The lowest BCUT2D eigenvalue weighted by molar-refractivity contribution is 0.668. The summed E-state index contributed by atoms with van der Waals surface area (Å²) in [5, 5.41) is 9.28. The van der Waals surface area contributed by atoms with E-state index in [-0.39, 0.29) is 0 Å². The van der Waals surface area contributed by atoms with E-state index in [1.807, 2.05) is 24.3 Å². The number of furan rings is 2. The molecule has 0 N–H and O–H groups in total. The highest BCUT2D eigenvalue weighted by Crippen LogP contribution is 2.50. The van der Waals surface area contributed by atoms with Crippen LogP contribution < -0.4 is 9.80 Å². The molecule has 0 aliphatic carbocycles. The zero-order valence-electron chi connectivity index (χ0n) is 31.7. The molecule has 5 heteroatoms. The lowest BCUT2D eigenvalue weighted by atomic mass is 10.0. The summed E-state index contributed by atoms with van der Waals surface area (Å²) in [4.78, 5) is 4.74. The lowest BCUT2D eigenvalue weighted by Gasteiger charge is -2.27. The fourth-order valence-corrected chi connectivity index (χ4v) is 9.63. The topological polar surface area (TPSA) is 37.2 Å². The molecule has 0 radical (unpaired) electrons. The van der Waals surface area contributed by atoms with Crippen molar-refractivity contribution >= 4 is 116 Å². The fourth-order valence-electron chi connectivity index (χ4n) is 9.63. The average Bonchev–Trinajstić information content (AvgIpc) is 4.05. The number of hydrogen-bond acceptors (Lipinski definition) is 4. The molecule has 13 aromatic rings. The fraction of sp³-hybridized carbons (Fsp3) is 0. The zero-order chi connectivity index (χ0) is 38.6. The van der Waals surface area contributed by atoms with E-state index >= 15 is 0 Å². The van der Waals surface area contributed by atoms with Crippen LogP contribution in [0.4, 0.5) is 34.1 Å². The molecule has 0 aliphatic rings. The Hall–Kier alpha value is -8.02. The molecule has 0 amide bonds. The molecule has 9 aromatic carbocycles. The summed E-state index contributed by atoms with van der Waals surface area (Å²) < 4.78 is 15.3. The van der Waals surface area contributed by atoms with Gasteiger partial charge in [-0.2, -0.15) is 0 Å². The SMILES string of the molecule is c1ccc(N(c2ccc3c(c2)oc2ccccc23)c2cccc3c2c2cccc4c5c(N(c6ccccc6)c6ccc7c(c6)oc6ccccc67)cccc5n3c24)cc1. The molecule has 0 bridgehead atoms. The van der Waals surface area contributed by atoms with E-state index in [0.29, 0.717) is 0 Å². The van der Waals surface area contributed by atoms with Crippen molar-refractivity contribution < 1.29 is 8.83 Å². The summed E-state index contributed by atoms with van der Waals surface area (Å²) in [7, 11) is 0. The van der Waals surface area contributed by atoms with Gasteiger partial charge in [-0.25, -0.2) is 0 Å². The lowest BCUT2D eigenvalue weighted by Crippen LogP contribution is -2.10. The van der Waals surface area contributed by atoms with E-state index in [0.717, 1.165) is 89.0 Å². The molecule has 0 atom stereocenters. The minimum absolute atomic E-state index is 0.867. The molecular weight excluding hydrogens is 723 g/mol. The van der Waals surface area contributed by atoms with Crippen LogP contribution in [0, 0.1) is 0 Å². The quantitative estimate of drug-likeness (QED) is 0.169. The molecule has 0 spiro atoms. The minimum atomic E-state index is 0.867. The van der Waals surface area contributed by atoms with Crippen LogP contribution in [0.3, 0.4) is 0 Å². The van der Waals surface area contributed by atoms with Crippen molar-refractivity contribution in [3.63, 3.8) is 0 Å². The third kappa shape index (κ3) is 4.61. The van der Waals surface area contributed by atoms with Gasteiger partial charge >= 0.3 is 0 Å². The van der Waals surface area contributed by atoms with Gasteiger partial charge in [0.2, 0.25) is 0 Å². The number of aromatic nitrogens is 1. The largest absolute Gasteiger partial charge is 0.456 e. The molecule has 0 fully saturated rings. The Morgan fingerprint density at radius 2 is 0.712 bits per heavy atom. The van der Waals surface area contributed by atoms with Crippen molar-refractivity contribution in [1.29, 1.82) is 0 Å². The Kier molecular flexibility index (Phi) is 6.66. The Labute approximate surface area is 338 Å². The number of benzene rings is 9. The highest BCUT2D eigenvalue weighted by Gasteiger charge is 2.26. The van der Waals surface area contributed by atoms with E-state index < -0.39 is 0 Å². The van der Waals surface area contributed by atoms with Crippen molar-refractivity contribution in [3.05, 3.63) is 200 Å². The second-order valence-corrected chi connectivity index (χ2v) is 15.3. The van der Waals surface area contributed by atoms with Crippen LogP contribution in [0.5, 0.6) is 0 Å². The molecule has 4 heterocycles. The Morgan fingerprint density at radius 1 is 0.305 bits per heavy atom. The zero-order valence-corrected chi connectivity index (χ0v) is 31.7. The predicted molar refractivity (Wildman–Crippen MR) is 245 cm³/mol. The molecule has 59 heavy (non-hydrogen) atoms. The Morgan fingerprint density at radius 3 is 1.20 bits per heavy atom. The van der Waals surface area contributed by atoms with E-state index in [2.05, 4.69) is 190 Å². The maximum atomic E-state index is 6.43. The van der Waals surface area contributed by atoms with Crippen LogP contribution in [0.2, 0.25) is 0 Å². The van der Waals surface area contributed by atoms with Crippen molar-refractivity contribution in [1.82, 2.24) is 4.40 Å². The second-order valence-electron chi connectivity index (χ2n) is 15.3. The summed E-state index contributed by atoms with van der Waals surface area (Å²) in [5.41, 5.74) is 13.5. The van der Waals surface area contributed by atoms with Gasteiger partial charge in [0.15, 0.2) is 0 Å². The number of para-hydroxylation sites is 5. The highest BCUT2D eigenvalue weighted by molar-refractivity contribution is 6.28.